The quantitative estimate of drug-likeness (QED) is 0.670. The van der Waals surface area contributed by atoms with E-state index in [0.29, 0.717) is 25.6 Å². The summed E-state index contributed by atoms with van der Waals surface area (Å²) < 4.78 is 19.4. The summed E-state index contributed by atoms with van der Waals surface area (Å²) in [6, 6.07) is 6.17. The molecule has 1 aromatic rings. The molecule has 0 radical (unpaired) electrons. The molecule has 2 amide bonds. The number of hydrogen-bond donors (Lipinski definition) is 2. The number of nitrogens with one attached hydrogen (secondary N) is 2. The molecule has 0 aliphatic carbocycles. The predicted molar refractivity (Wildman–Crippen MR) is 107 cm³/mol. The van der Waals surface area contributed by atoms with Crippen molar-refractivity contribution >= 4 is 11.8 Å². The molecule has 160 valence electrons. The van der Waals surface area contributed by atoms with Gasteiger partial charge in [-0.15, -0.1) is 0 Å². The van der Waals surface area contributed by atoms with Crippen LogP contribution in [0, 0.1) is 23.6 Å². The Balaban J connectivity index is 1.29. The minimum absolute atomic E-state index is 0.0212. The van der Waals surface area contributed by atoms with E-state index >= 15 is 0 Å². The minimum atomic E-state index is -0.720. The van der Waals surface area contributed by atoms with Crippen molar-refractivity contribution in [3.05, 3.63) is 47.8 Å². The first-order valence-corrected chi connectivity index (χ1v) is 10.6. The van der Waals surface area contributed by atoms with E-state index in [2.05, 4.69) is 10.9 Å². The highest BCUT2D eigenvalue weighted by Crippen LogP contribution is 2.52. The molecule has 4 atom stereocenters. The normalized spacial score (nSPS) is 32.3. The topological polar surface area (TPSA) is 73.9 Å². The number of hydrazine groups is 1. The van der Waals surface area contributed by atoms with Gasteiger partial charge in [0.05, 0.1) is 24.5 Å². The van der Waals surface area contributed by atoms with Gasteiger partial charge in [0, 0.05) is 33.2 Å². The van der Waals surface area contributed by atoms with Crippen molar-refractivity contribution in [2.24, 2.45) is 17.8 Å². The Morgan fingerprint density at radius 2 is 2.03 bits per heavy atom. The van der Waals surface area contributed by atoms with E-state index in [9.17, 15) is 14.0 Å². The number of halogens is 1. The van der Waals surface area contributed by atoms with E-state index < -0.39 is 17.4 Å². The van der Waals surface area contributed by atoms with E-state index in [0.717, 1.165) is 25.1 Å². The zero-order valence-electron chi connectivity index (χ0n) is 17.0. The Morgan fingerprint density at radius 1 is 1.30 bits per heavy atom. The van der Waals surface area contributed by atoms with Gasteiger partial charge in [-0.2, -0.15) is 0 Å². The van der Waals surface area contributed by atoms with Crippen LogP contribution in [0.3, 0.4) is 0 Å². The Labute approximate surface area is 175 Å². The first kappa shape index (κ1) is 19.7. The second kappa shape index (κ2) is 7.44. The third-order valence-corrected chi connectivity index (χ3v) is 6.91. The molecule has 3 saturated heterocycles. The smallest absolute Gasteiger partial charge is 0.230 e. The maximum Gasteiger partial charge on any atom is 0.230 e. The highest BCUT2D eigenvalue weighted by atomic mass is 19.1. The van der Waals surface area contributed by atoms with Crippen LogP contribution in [-0.4, -0.2) is 66.5 Å². The lowest BCUT2D eigenvalue weighted by molar-refractivity contribution is -0.142. The lowest BCUT2D eigenvalue weighted by atomic mass is 9.76. The number of amides is 2. The summed E-state index contributed by atoms with van der Waals surface area (Å²) in [5, 5.41) is 0. The second-order valence-electron chi connectivity index (χ2n) is 8.90. The fraction of sp³-hybridized carbons (Fsp3) is 0.545. The molecule has 4 heterocycles. The molecule has 2 unspecified atom stereocenters. The zero-order chi connectivity index (χ0) is 20.9. The summed E-state index contributed by atoms with van der Waals surface area (Å²) >= 11 is 0. The largest absolute Gasteiger partial charge is 0.360 e. The number of fused-ring (bicyclic) bond motifs is 1. The summed E-state index contributed by atoms with van der Waals surface area (Å²) in [4.78, 5) is 30.1. The van der Waals surface area contributed by atoms with Crippen molar-refractivity contribution in [3.63, 3.8) is 0 Å². The summed E-state index contributed by atoms with van der Waals surface area (Å²) in [6.45, 7) is 3.28. The minimum Gasteiger partial charge on any atom is -0.360 e. The Morgan fingerprint density at radius 3 is 2.77 bits per heavy atom. The van der Waals surface area contributed by atoms with Gasteiger partial charge in [-0.05, 0) is 30.0 Å². The van der Waals surface area contributed by atoms with Crippen molar-refractivity contribution in [3.8, 4) is 0 Å². The lowest BCUT2D eigenvalue weighted by Crippen LogP contribution is -2.45. The highest BCUT2D eigenvalue weighted by Gasteiger charge is 2.67. The lowest BCUT2D eigenvalue weighted by Gasteiger charge is -2.28. The molecule has 4 aliphatic rings. The number of ether oxygens (including phenoxy) is 1. The van der Waals surface area contributed by atoms with Gasteiger partial charge in [-0.25, -0.2) is 4.39 Å². The van der Waals surface area contributed by atoms with Crippen LogP contribution in [0.4, 0.5) is 4.39 Å². The van der Waals surface area contributed by atoms with Gasteiger partial charge in [0.15, 0.2) is 0 Å². The molecule has 1 spiro atoms. The maximum absolute atomic E-state index is 13.3. The molecule has 3 fully saturated rings. The predicted octanol–water partition coefficient (Wildman–Crippen LogP) is 0.680. The van der Waals surface area contributed by atoms with Gasteiger partial charge in [-0.3, -0.25) is 20.4 Å². The zero-order valence-corrected chi connectivity index (χ0v) is 17.0. The molecule has 5 rings (SSSR count). The molecule has 2 bridgehead atoms. The summed E-state index contributed by atoms with van der Waals surface area (Å²) in [7, 11) is 1.82. The number of hydrogen-bond acceptors (Lipinski definition) is 5. The third-order valence-electron chi connectivity index (χ3n) is 6.91. The molecule has 0 saturated carbocycles. The monoisotopic (exact) mass is 414 g/mol. The summed E-state index contributed by atoms with van der Waals surface area (Å²) in [6.07, 6.45) is 4.48. The van der Waals surface area contributed by atoms with E-state index in [-0.39, 0.29) is 23.7 Å². The van der Waals surface area contributed by atoms with Crippen molar-refractivity contribution in [2.75, 3.05) is 33.2 Å². The molecular formula is C22H27FN4O3. The van der Waals surface area contributed by atoms with E-state index in [4.69, 9.17) is 4.74 Å². The average Bonchev–Trinajstić information content (AvgIpc) is 3.50. The Bertz CT molecular complexity index is 870. The molecule has 0 aromatic heterocycles. The molecule has 7 nitrogen and oxygen atoms in total. The Hall–Kier alpha value is -2.29. The average molecular weight is 414 g/mol. The van der Waals surface area contributed by atoms with Crippen molar-refractivity contribution in [1.29, 1.82) is 0 Å². The maximum atomic E-state index is 13.3. The van der Waals surface area contributed by atoms with E-state index in [1.54, 1.807) is 21.9 Å². The van der Waals surface area contributed by atoms with Gasteiger partial charge in [0.2, 0.25) is 11.8 Å². The van der Waals surface area contributed by atoms with Crippen LogP contribution in [0.1, 0.15) is 12.0 Å². The molecule has 30 heavy (non-hydrogen) atoms. The van der Waals surface area contributed by atoms with Gasteiger partial charge < -0.3 is 14.5 Å². The fourth-order valence-corrected chi connectivity index (χ4v) is 5.25. The van der Waals surface area contributed by atoms with Crippen LogP contribution >= 0.6 is 0 Å². The Kier molecular flexibility index (Phi) is 4.88. The number of carbonyl (C=O) groups is 2. The highest BCUT2D eigenvalue weighted by molar-refractivity contribution is 5.93. The fourth-order valence-electron chi connectivity index (χ4n) is 5.25. The standard InChI is InChI=1S/C22H27FN4O3/c1-26(9-7-15-10-24-25-11-15)20(28)18-17-6-8-22(30-17)13-27(21(29)19(18)22)12-14-2-4-16(23)5-3-14/h2-6,8,15,17-19,24-25H,7,9-13H2,1H3/t17-,18?,19?,22-/m1/s1. The van der Waals surface area contributed by atoms with Crippen molar-refractivity contribution in [2.45, 2.75) is 24.7 Å². The van der Waals surface area contributed by atoms with Crippen LogP contribution in [0.5, 0.6) is 0 Å². The summed E-state index contributed by atoms with van der Waals surface area (Å²) in [5.74, 6) is -0.843. The molecule has 2 N–H and O–H groups in total. The van der Waals surface area contributed by atoms with Crippen LogP contribution in [0.25, 0.3) is 0 Å². The van der Waals surface area contributed by atoms with Gasteiger partial charge in [0.1, 0.15) is 11.4 Å². The van der Waals surface area contributed by atoms with Crippen LogP contribution in [0.2, 0.25) is 0 Å². The van der Waals surface area contributed by atoms with Gasteiger partial charge in [0.25, 0.3) is 0 Å². The SMILES string of the molecule is CN(CCC1CNNC1)C(=O)C1C2C(=O)N(Cc3ccc(F)cc3)C[C@]23C=C[C@H]1O3. The first-order chi connectivity index (χ1) is 14.5. The van der Waals surface area contributed by atoms with E-state index in [1.165, 1.54) is 12.1 Å². The first-order valence-electron chi connectivity index (χ1n) is 10.6. The molecular weight excluding hydrogens is 387 g/mol. The number of likely N-dealkylation sites (tertiary alicyclic amines) is 1. The second-order valence-corrected chi connectivity index (χ2v) is 8.90. The summed E-state index contributed by atoms with van der Waals surface area (Å²) in [5.41, 5.74) is 6.36. The van der Waals surface area contributed by atoms with Crippen LogP contribution in [0.15, 0.2) is 36.4 Å². The van der Waals surface area contributed by atoms with Gasteiger partial charge in [-0.1, -0.05) is 24.3 Å². The molecule has 1 aromatic carbocycles. The number of benzene rings is 1. The molecule has 8 heteroatoms. The molecule has 4 aliphatic heterocycles. The van der Waals surface area contributed by atoms with Gasteiger partial charge >= 0.3 is 0 Å². The number of rotatable bonds is 6. The van der Waals surface area contributed by atoms with Crippen LogP contribution in [-0.2, 0) is 20.9 Å². The van der Waals surface area contributed by atoms with Crippen molar-refractivity contribution in [1.82, 2.24) is 20.7 Å². The van der Waals surface area contributed by atoms with Crippen LogP contribution < -0.4 is 10.9 Å². The third kappa shape index (κ3) is 3.23. The van der Waals surface area contributed by atoms with Crippen molar-refractivity contribution < 1.29 is 18.7 Å². The number of carbonyl (C=O) groups excluding carboxylic acids is 2. The number of nitrogens with zero attached hydrogens (tertiary/aromatic N) is 2. The van der Waals surface area contributed by atoms with E-state index in [1.807, 2.05) is 19.2 Å².